The van der Waals surface area contributed by atoms with E-state index < -0.39 is 0 Å². The predicted molar refractivity (Wildman–Crippen MR) is 85.9 cm³/mol. The van der Waals surface area contributed by atoms with Crippen LogP contribution in [0.2, 0.25) is 0 Å². The van der Waals surface area contributed by atoms with Crippen LogP contribution in [0.5, 0.6) is 0 Å². The molecule has 0 bridgehead atoms. The minimum atomic E-state index is 0.253. The monoisotopic (exact) mass is 302 g/mol. The van der Waals surface area contributed by atoms with Crippen molar-refractivity contribution in [2.75, 3.05) is 50.8 Å². The Hall–Kier alpha value is -1.20. The van der Waals surface area contributed by atoms with Crippen LogP contribution in [0.15, 0.2) is 18.5 Å². The molecule has 4 rings (SSSR count). The second-order valence-corrected chi connectivity index (χ2v) is 7.30. The molecule has 3 heterocycles. The van der Waals surface area contributed by atoms with Gasteiger partial charge in [-0.3, -0.25) is 0 Å². The highest BCUT2D eigenvalue weighted by molar-refractivity contribution is 5.29. The number of hydrogen-bond donors (Lipinski definition) is 0. The molecule has 22 heavy (non-hydrogen) atoms. The minimum Gasteiger partial charge on any atom is -0.379 e. The van der Waals surface area contributed by atoms with E-state index in [0.717, 1.165) is 38.2 Å². The summed E-state index contributed by atoms with van der Waals surface area (Å²) < 4.78 is 5.98. The van der Waals surface area contributed by atoms with Crippen molar-refractivity contribution in [3.05, 3.63) is 18.5 Å². The molecule has 0 radical (unpaired) electrons. The molecule has 5 heteroatoms. The predicted octanol–water partition coefficient (Wildman–Crippen LogP) is 1.81. The smallest absolute Gasteiger partial charge is 0.225 e. The summed E-state index contributed by atoms with van der Waals surface area (Å²) in [6.45, 7) is 7.32. The maximum atomic E-state index is 5.98. The molecule has 1 aliphatic carbocycles. The highest BCUT2D eigenvalue weighted by Gasteiger charge is 2.40. The van der Waals surface area contributed by atoms with Gasteiger partial charge in [0.25, 0.3) is 0 Å². The van der Waals surface area contributed by atoms with Crippen LogP contribution in [-0.2, 0) is 4.74 Å². The molecule has 1 spiro atoms. The molecular formula is C17H26N4O. The van der Waals surface area contributed by atoms with Crippen LogP contribution in [-0.4, -0.2) is 60.8 Å². The van der Waals surface area contributed by atoms with Gasteiger partial charge in [0.1, 0.15) is 0 Å². The largest absolute Gasteiger partial charge is 0.379 e. The third kappa shape index (κ3) is 3.25. The van der Waals surface area contributed by atoms with E-state index in [1.807, 2.05) is 18.5 Å². The Kier molecular flexibility index (Phi) is 4.01. The van der Waals surface area contributed by atoms with E-state index >= 15 is 0 Å². The van der Waals surface area contributed by atoms with Gasteiger partial charge >= 0.3 is 0 Å². The van der Waals surface area contributed by atoms with E-state index in [0.29, 0.717) is 0 Å². The van der Waals surface area contributed by atoms with Crippen LogP contribution < -0.4 is 4.90 Å². The van der Waals surface area contributed by atoms with Gasteiger partial charge in [-0.2, -0.15) is 0 Å². The summed E-state index contributed by atoms with van der Waals surface area (Å²) >= 11 is 0. The highest BCUT2D eigenvalue weighted by atomic mass is 16.5. The van der Waals surface area contributed by atoms with Crippen molar-refractivity contribution in [3.63, 3.8) is 0 Å². The summed E-state index contributed by atoms with van der Waals surface area (Å²) in [5, 5.41) is 0. The molecule has 3 aliphatic rings. The fraction of sp³-hybridized carbons (Fsp3) is 0.765. The zero-order valence-electron chi connectivity index (χ0n) is 13.3. The third-order valence-electron chi connectivity index (χ3n) is 5.23. The Morgan fingerprint density at radius 3 is 2.86 bits per heavy atom. The summed E-state index contributed by atoms with van der Waals surface area (Å²) in [5.74, 6) is 1.82. The number of ether oxygens (including phenoxy) is 1. The standard InChI is InChI=1S/C17H26N4O/c1-5-17(12-20(8-1)11-15-3-4-15)13-21(9-10-22-14-17)16-18-6-2-7-19-16/h2,6-7,15H,1,3-5,8-14H2/t17-/m1/s1. The van der Waals surface area contributed by atoms with Crippen molar-refractivity contribution in [1.29, 1.82) is 0 Å². The summed E-state index contributed by atoms with van der Waals surface area (Å²) in [7, 11) is 0. The number of nitrogens with zero attached hydrogens (tertiary/aromatic N) is 4. The number of piperidine rings is 1. The van der Waals surface area contributed by atoms with Crippen LogP contribution in [0.1, 0.15) is 25.7 Å². The first-order valence-corrected chi connectivity index (χ1v) is 8.65. The molecule has 3 fully saturated rings. The van der Waals surface area contributed by atoms with Crippen molar-refractivity contribution in [3.8, 4) is 0 Å². The second kappa shape index (κ2) is 6.13. The first kappa shape index (κ1) is 14.4. The molecule has 1 aromatic rings. The van der Waals surface area contributed by atoms with E-state index in [9.17, 15) is 0 Å². The summed E-state index contributed by atoms with van der Waals surface area (Å²) in [4.78, 5) is 13.9. The Morgan fingerprint density at radius 1 is 1.18 bits per heavy atom. The van der Waals surface area contributed by atoms with Crippen LogP contribution >= 0.6 is 0 Å². The zero-order chi connectivity index (χ0) is 14.8. The number of aromatic nitrogens is 2. The van der Waals surface area contributed by atoms with Gasteiger partial charge in [-0.25, -0.2) is 9.97 Å². The van der Waals surface area contributed by atoms with Crippen molar-refractivity contribution in [1.82, 2.24) is 14.9 Å². The van der Waals surface area contributed by atoms with Crippen molar-refractivity contribution < 1.29 is 4.74 Å². The molecule has 0 aromatic carbocycles. The Bertz CT molecular complexity index is 493. The van der Waals surface area contributed by atoms with E-state index in [-0.39, 0.29) is 5.41 Å². The van der Waals surface area contributed by atoms with E-state index in [4.69, 9.17) is 4.74 Å². The number of rotatable bonds is 3. The number of hydrogen-bond acceptors (Lipinski definition) is 5. The lowest BCUT2D eigenvalue weighted by atomic mass is 9.80. The SMILES string of the molecule is c1cnc(N2CCOC[C@@]3(CCCN(CC4CC4)C3)C2)nc1. The normalized spacial score (nSPS) is 30.5. The molecular weight excluding hydrogens is 276 g/mol. The lowest BCUT2D eigenvalue weighted by Gasteiger charge is -2.43. The Balaban J connectivity index is 1.49. The highest BCUT2D eigenvalue weighted by Crippen LogP contribution is 2.36. The van der Waals surface area contributed by atoms with Crippen molar-refractivity contribution >= 4 is 5.95 Å². The summed E-state index contributed by atoms with van der Waals surface area (Å²) in [5.41, 5.74) is 0.253. The molecule has 0 amide bonds. The van der Waals surface area contributed by atoms with Gasteiger partial charge in [0.2, 0.25) is 5.95 Å². The van der Waals surface area contributed by atoms with Gasteiger partial charge in [0.05, 0.1) is 13.2 Å². The molecule has 120 valence electrons. The number of anilines is 1. The van der Waals surface area contributed by atoms with E-state index in [2.05, 4.69) is 19.8 Å². The third-order valence-corrected chi connectivity index (χ3v) is 5.23. The Morgan fingerprint density at radius 2 is 2.05 bits per heavy atom. The molecule has 1 saturated carbocycles. The molecule has 5 nitrogen and oxygen atoms in total. The fourth-order valence-corrected chi connectivity index (χ4v) is 4.00. The second-order valence-electron chi connectivity index (χ2n) is 7.30. The Labute approximate surface area is 132 Å². The van der Waals surface area contributed by atoms with Crippen molar-refractivity contribution in [2.24, 2.45) is 11.3 Å². The van der Waals surface area contributed by atoms with E-state index in [1.165, 1.54) is 45.3 Å². The molecule has 2 aliphatic heterocycles. The first-order valence-electron chi connectivity index (χ1n) is 8.65. The lowest BCUT2D eigenvalue weighted by Crippen LogP contribution is -2.51. The van der Waals surface area contributed by atoms with Gasteiger partial charge in [-0.15, -0.1) is 0 Å². The zero-order valence-corrected chi connectivity index (χ0v) is 13.3. The summed E-state index contributed by atoms with van der Waals surface area (Å²) in [6, 6.07) is 1.88. The maximum absolute atomic E-state index is 5.98. The van der Waals surface area contributed by atoms with Crippen molar-refractivity contribution in [2.45, 2.75) is 25.7 Å². The van der Waals surface area contributed by atoms with Gasteiger partial charge in [-0.1, -0.05) is 0 Å². The topological polar surface area (TPSA) is 41.5 Å². The average Bonchev–Trinajstić information content (AvgIpc) is 3.37. The average molecular weight is 302 g/mol. The number of likely N-dealkylation sites (tertiary alicyclic amines) is 1. The first-order chi connectivity index (χ1) is 10.8. The van der Waals surface area contributed by atoms with Crippen LogP contribution in [0.25, 0.3) is 0 Å². The molecule has 0 unspecified atom stereocenters. The van der Waals surface area contributed by atoms with Gasteiger partial charge in [-0.05, 0) is 44.2 Å². The molecule has 2 saturated heterocycles. The molecule has 0 N–H and O–H groups in total. The summed E-state index contributed by atoms with van der Waals surface area (Å²) in [6.07, 6.45) is 9.09. The van der Waals surface area contributed by atoms with Gasteiger partial charge in [0, 0.05) is 44.0 Å². The van der Waals surface area contributed by atoms with Gasteiger partial charge in [0.15, 0.2) is 0 Å². The maximum Gasteiger partial charge on any atom is 0.225 e. The molecule has 1 aromatic heterocycles. The minimum absolute atomic E-state index is 0.253. The quantitative estimate of drug-likeness (QED) is 0.852. The molecule has 1 atom stereocenters. The van der Waals surface area contributed by atoms with Gasteiger partial charge < -0.3 is 14.5 Å². The lowest BCUT2D eigenvalue weighted by molar-refractivity contribution is 0.0119. The van der Waals surface area contributed by atoms with E-state index in [1.54, 1.807) is 0 Å². The van der Waals surface area contributed by atoms with Crippen LogP contribution in [0.3, 0.4) is 0 Å². The van der Waals surface area contributed by atoms with Crippen LogP contribution in [0, 0.1) is 11.3 Å². The van der Waals surface area contributed by atoms with Crippen LogP contribution in [0.4, 0.5) is 5.95 Å². The fourth-order valence-electron chi connectivity index (χ4n) is 4.00.